The van der Waals surface area contributed by atoms with Gasteiger partial charge >= 0.3 is 0 Å². The summed E-state index contributed by atoms with van der Waals surface area (Å²) >= 11 is 0. The Morgan fingerprint density at radius 2 is 1.75 bits per heavy atom. The van der Waals surface area contributed by atoms with Gasteiger partial charge in [0.25, 0.3) is 0 Å². The molecule has 0 unspecified atom stereocenters. The topological polar surface area (TPSA) is 37.8 Å². The van der Waals surface area contributed by atoms with Crippen molar-refractivity contribution >= 4 is 12.0 Å². The molecule has 80 valence electrons. The van der Waals surface area contributed by atoms with Gasteiger partial charge in [-0.05, 0) is 11.6 Å². The van der Waals surface area contributed by atoms with E-state index >= 15 is 0 Å². The van der Waals surface area contributed by atoms with Gasteiger partial charge in [0.1, 0.15) is 0 Å². The van der Waals surface area contributed by atoms with Crippen LogP contribution in [0.5, 0.6) is 0 Å². The van der Waals surface area contributed by atoms with E-state index in [4.69, 9.17) is 0 Å². The Morgan fingerprint density at radius 1 is 1.00 bits per heavy atom. The average Bonchev–Trinajstić information content (AvgIpc) is 2.37. The minimum atomic E-state index is 0.653. The average molecular weight is 211 g/mol. The molecule has 0 spiro atoms. The molecule has 2 rings (SSSR count). The largest absolute Gasteiger partial charge is 0.351 e. The Labute approximate surface area is 94.9 Å². The molecule has 0 radical (unpaired) electrons. The Balaban J connectivity index is 1.83. The number of hydrogen-bond donors (Lipinski definition) is 1. The summed E-state index contributed by atoms with van der Waals surface area (Å²) in [5.41, 5.74) is 1.19. The zero-order valence-electron chi connectivity index (χ0n) is 8.88. The number of nitrogens with zero attached hydrogens (tertiary/aromatic N) is 2. The molecule has 0 bridgehead atoms. The maximum Gasteiger partial charge on any atom is 0.222 e. The highest BCUT2D eigenvalue weighted by Crippen LogP contribution is 2.00. The number of nitrogens with one attached hydrogen (secondary N) is 1. The van der Waals surface area contributed by atoms with E-state index in [0.717, 1.165) is 6.54 Å². The van der Waals surface area contributed by atoms with Crippen LogP contribution in [0.15, 0.2) is 54.9 Å². The molecule has 2 aromatic rings. The number of aromatic nitrogens is 2. The van der Waals surface area contributed by atoms with Gasteiger partial charge in [0.15, 0.2) is 0 Å². The predicted molar refractivity (Wildman–Crippen MR) is 66.0 cm³/mol. The number of anilines is 1. The second-order valence-corrected chi connectivity index (χ2v) is 3.27. The SMILES string of the molecule is C(=C\c1ccccc1)/CNc1ncccn1. The number of benzene rings is 1. The second kappa shape index (κ2) is 5.66. The molecule has 0 saturated carbocycles. The van der Waals surface area contributed by atoms with E-state index in [2.05, 4.69) is 33.5 Å². The zero-order chi connectivity index (χ0) is 11.1. The molecule has 1 heterocycles. The van der Waals surface area contributed by atoms with Crippen LogP contribution in [-0.4, -0.2) is 16.5 Å². The molecule has 1 N–H and O–H groups in total. The fourth-order valence-electron chi connectivity index (χ4n) is 1.30. The first-order chi connectivity index (χ1) is 7.95. The summed E-state index contributed by atoms with van der Waals surface area (Å²) in [6.07, 6.45) is 7.55. The molecule has 0 fully saturated rings. The first-order valence-corrected chi connectivity index (χ1v) is 5.17. The summed E-state index contributed by atoms with van der Waals surface area (Å²) in [7, 11) is 0. The summed E-state index contributed by atoms with van der Waals surface area (Å²) < 4.78 is 0. The molecule has 1 aromatic heterocycles. The van der Waals surface area contributed by atoms with Crippen molar-refractivity contribution in [2.24, 2.45) is 0 Å². The van der Waals surface area contributed by atoms with E-state index in [1.165, 1.54) is 5.56 Å². The molecule has 0 saturated heterocycles. The van der Waals surface area contributed by atoms with E-state index in [9.17, 15) is 0 Å². The van der Waals surface area contributed by atoms with Gasteiger partial charge in [0, 0.05) is 18.9 Å². The van der Waals surface area contributed by atoms with Crippen molar-refractivity contribution in [3.05, 3.63) is 60.4 Å². The van der Waals surface area contributed by atoms with E-state index in [1.54, 1.807) is 18.5 Å². The third-order valence-electron chi connectivity index (χ3n) is 2.05. The second-order valence-electron chi connectivity index (χ2n) is 3.27. The van der Waals surface area contributed by atoms with Crippen LogP contribution >= 0.6 is 0 Å². The molecular weight excluding hydrogens is 198 g/mol. The molecular formula is C13H13N3. The third kappa shape index (κ3) is 3.20. The van der Waals surface area contributed by atoms with Crippen LogP contribution in [0.2, 0.25) is 0 Å². The van der Waals surface area contributed by atoms with Crippen LogP contribution in [0, 0.1) is 0 Å². The zero-order valence-corrected chi connectivity index (χ0v) is 8.88. The van der Waals surface area contributed by atoms with Crippen LogP contribution in [0.25, 0.3) is 6.08 Å². The van der Waals surface area contributed by atoms with Crippen LogP contribution in [-0.2, 0) is 0 Å². The highest BCUT2D eigenvalue weighted by atomic mass is 15.1. The van der Waals surface area contributed by atoms with Gasteiger partial charge in [-0.15, -0.1) is 0 Å². The van der Waals surface area contributed by atoms with Crippen molar-refractivity contribution in [1.29, 1.82) is 0 Å². The molecule has 0 aliphatic rings. The summed E-state index contributed by atoms with van der Waals surface area (Å²) in [6, 6.07) is 12.0. The highest BCUT2D eigenvalue weighted by molar-refractivity contribution is 5.49. The third-order valence-corrected chi connectivity index (χ3v) is 2.05. The van der Waals surface area contributed by atoms with Crippen LogP contribution in [0.4, 0.5) is 5.95 Å². The van der Waals surface area contributed by atoms with E-state index in [0.29, 0.717) is 5.95 Å². The lowest BCUT2D eigenvalue weighted by Gasteiger charge is -1.98. The predicted octanol–water partition coefficient (Wildman–Crippen LogP) is 2.60. The minimum absolute atomic E-state index is 0.653. The van der Waals surface area contributed by atoms with Crippen molar-refractivity contribution < 1.29 is 0 Å². The fourth-order valence-corrected chi connectivity index (χ4v) is 1.30. The van der Waals surface area contributed by atoms with Gasteiger partial charge in [-0.3, -0.25) is 0 Å². The lowest BCUT2D eigenvalue weighted by Crippen LogP contribution is -2.01. The quantitative estimate of drug-likeness (QED) is 0.844. The Kier molecular flexibility index (Phi) is 3.66. The highest BCUT2D eigenvalue weighted by Gasteiger charge is 1.88. The summed E-state index contributed by atoms with van der Waals surface area (Å²) in [5.74, 6) is 0.653. The van der Waals surface area contributed by atoms with Gasteiger partial charge in [0.05, 0.1) is 0 Å². The molecule has 16 heavy (non-hydrogen) atoms. The van der Waals surface area contributed by atoms with Crippen molar-refractivity contribution in [1.82, 2.24) is 9.97 Å². The van der Waals surface area contributed by atoms with E-state index in [1.807, 2.05) is 24.3 Å². The van der Waals surface area contributed by atoms with Crippen molar-refractivity contribution in [2.75, 3.05) is 11.9 Å². The standard InChI is InChI=1S/C13H13N3/c1-2-6-12(7-3-1)8-4-9-14-13-15-10-5-11-16-13/h1-8,10-11H,9H2,(H,14,15,16)/b8-4+. The molecule has 3 heteroatoms. The van der Waals surface area contributed by atoms with Crippen LogP contribution in [0.1, 0.15) is 5.56 Å². The summed E-state index contributed by atoms with van der Waals surface area (Å²) in [5, 5.41) is 3.11. The molecule has 1 aromatic carbocycles. The lowest BCUT2D eigenvalue weighted by molar-refractivity contribution is 1.12. The van der Waals surface area contributed by atoms with Gasteiger partial charge in [-0.1, -0.05) is 42.5 Å². The molecule has 0 aliphatic heterocycles. The van der Waals surface area contributed by atoms with Crippen LogP contribution < -0.4 is 5.32 Å². The summed E-state index contributed by atoms with van der Waals surface area (Å²) in [6.45, 7) is 0.721. The Bertz CT molecular complexity index is 437. The lowest BCUT2D eigenvalue weighted by atomic mass is 10.2. The molecule has 0 aliphatic carbocycles. The first kappa shape index (κ1) is 10.4. The van der Waals surface area contributed by atoms with Crippen molar-refractivity contribution in [2.45, 2.75) is 0 Å². The number of rotatable bonds is 4. The van der Waals surface area contributed by atoms with E-state index < -0.39 is 0 Å². The maximum absolute atomic E-state index is 4.07. The van der Waals surface area contributed by atoms with Crippen molar-refractivity contribution in [3.63, 3.8) is 0 Å². The van der Waals surface area contributed by atoms with Gasteiger partial charge in [-0.2, -0.15) is 0 Å². The fraction of sp³-hybridized carbons (Fsp3) is 0.0769. The summed E-state index contributed by atoms with van der Waals surface area (Å²) in [4.78, 5) is 8.13. The molecule has 0 amide bonds. The number of hydrogen-bond acceptors (Lipinski definition) is 3. The Morgan fingerprint density at radius 3 is 2.50 bits per heavy atom. The Hall–Kier alpha value is -2.16. The maximum atomic E-state index is 4.07. The normalized spacial score (nSPS) is 10.5. The van der Waals surface area contributed by atoms with Crippen molar-refractivity contribution in [3.8, 4) is 0 Å². The monoisotopic (exact) mass is 211 g/mol. The molecule has 3 nitrogen and oxygen atoms in total. The van der Waals surface area contributed by atoms with Gasteiger partial charge in [0.2, 0.25) is 5.95 Å². The van der Waals surface area contributed by atoms with E-state index in [-0.39, 0.29) is 0 Å². The minimum Gasteiger partial charge on any atom is -0.351 e. The molecule has 0 atom stereocenters. The van der Waals surface area contributed by atoms with Crippen LogP contribution in [0.3, 0.4) is 0 Å². The van der Waals surface area contributed by atoms with Gasteiger partial charge < -0.3 is 5.32 Å². The first-order valence-electron chi connectivity index (χ1n) is 5.17. The smallest absolute Gasteiger partial charge is 0.222 e. The van der Waals surface area contributed by atoms with Gasteiger partial charge in [-0.25, -0.2) is 9.97 Å².